The summed E-state index contributed by atoms with van der Waals surface area (Å²) in [6, 6.07) is 25.2. The van der Waals surface area contributed by atoms with Gasteiger partial charge in [-0.05, 0) is 80.1 Å². The normalized spacial score (nSPS) is 25.5. The molecule has 5 atom stereocenters. The van der Waals surface area contributed by atoms with Gasteiger partial charge in [-0.15, -0.1) is 0 Å². The van der Waals surface area contributed by atoms with E-state index in [4.69, 9.17) is 9.47 Å². The van der Waals surface area contributed by atoms with E-state index in [1.165, 1.54) is 38.8 Å². The number of nitrogens with zero attached hydrogens (tertiary/aromatic N) is 2. The SMILES string of the molecule is CCNC(=O)NCc1ccccc1-c1ccc([C@H]2O[C@@H](CN3CCC[C@H]3CN3CCCC3)[C@@H](C)[C@@H](c3ccc(CO)cc3)O2)cc1. The average Bonchev–Trinajstić information content (AvgIpc) is 3.77. The summed E-state index contributed by atoms with van der Waals surface area (Å²) in [5.41, 5.74) is 6.23. The molecule has 0 aromatic heterocycles. The number of ether oxygens (including phenoxy) is 2. The van der Waals surface area contributed by atoms with Crippen LogP contribution in [0.1, 0.15) is 74.2 Å². The fourth-order valence-corrected chi connectivity index (χ4v) is 7.34. The lowest BCUT2D eigenvalue weighted by molar-refractivity contribution is -0.276. The summed E-state index contributed by atoms with van der Waals surface area (Å²) in [4.78, 5) is 17.3. The van der Waals surface area contributed by atoms with Gasteiger partial charge >= 0.3 is 6.03 Å². The van der Waals surface area contributed by atoms with Crippen LogP contribution in [0.3, 0.4) is 0 Å². The number of hydrogen-bond donors (Lipinski definition) is 3. The van der Waals surface area contributed by atoms with Gasteiger partial charge in [0.2, 0.25) is 0 Å². The molecule has 0 unspecified atom stereocenters. The molecular formula is C38H50N4O4. The monoisotopic (exact) mass is 626 g/mol. The Labute approximate surface area is 274 Å². The number of carbonyl (C=O) groups is 1. The third kappa shape index (κ3) is 7.81. The molecule has 0 radical (unpaired) electrons. The zero-order chi connectivity index (χ0) is 31.9. The number of urea groups is 1. The van der Waals surface area contributed by atoms with Gasteiger partial charge in [-0.1, -0.05) is 79.7 Å². The maximum absolute atomic E-state index is 12.0. The summed E-state index contributed by atoms with van der Waals surface area (Å²) >= 11 is 0. The molecule has 246 valence electrons. The number of aliphatic hydroxyl groups is 1. The lowest BCUT2D eigenvalue weighted by Gasteiger charge is -2.43. The van der Waals surface area contributed by atoms with Crippen molar-refractivity contribution in [3.63, 3.8) is 0 Å². The predicted molar refractivity (Wildman–Crippen MR) is 181 cm³/mol. The Balaban J connectivity index is 1.21. The van der Waals surface area contributed by atoms with Gasteiger partial charge in [0.25, 0.3) is 0 Å². The Morgan fingerprint density at radius 3 is 2.35 bits per heavy atom. The van der Waals surface area contributed by atoms with Crippen LogP contribution in [0.2, 0.25) is 0 Å². The fourth-order valence-electron chi connectivity index (χ4n) is 7.34. The van der Waals surface area contributed by atoms with Crippen molar-refractivity contribution in [3.05, 3.63) is 95.1 Å². The molecule has 46 heavy (non-hydrogen) atoms. The number of likely N-dealkylation sites (tertiary alicyclic amines) is 2. The van der Waals surface area contributed by atoms with Crippen LogP contribution in [0.15, 0.2) is 72.8 Å². The topological polar surface area (TPSA) is 86.3 Å². The number of benzene rings is 3. The first-order valence-corrected chi connectivity index (χ1v) is 17.2. The fraction of sp³-hybridized carbons (Fsp3) is 0.500. The van der Waals surface area contributed by atoms with E-state index in [0.717, 1.165) is 53.0 Å². The summed E-state index contributed by atoms with van der Waals surface area (Å²) in [5.74, 6) is 0.160. The minimum Gasteiger partial charge on any atom is -0.392 e. The van der Waals surface area contributed by atoms with Gasteiger partial charge in [0.1, 0.15) is 0 Å². The van der Waals surface area contributed by atoms with Crippen LogP contribution < -0.4 is 10.6 Å². The molecule has 3 aliphatic rings. The van der Waals surface area contributed by atoms with E-state index in [1.54, 1.807) is 0 Å². The number of amides is 2. The molecule has 6 rings (SSSR count). The smallest absolute Gasteiger partial charge is 0.315 e. The first kappa shape index (κ1) is 32.7. The molecule has 0 saturated carbocycles. The van der Waals surface area contributed by atoms with Gasteiger partial charge in [0.05, 0.1) is 18.8 Å². The Morgan fingerprint density at radius 1 is 0.870 bits per heavy atom. The van der Waals surface area contributed by atoms with Crippen LogP contribution in [0, 0.1) is 5.92 Å². The quantitative estimate of drug-likeness (QED) is 0.242. The highest BCUT2D eigenvalue weighted by Gasteiger charge is 2.40. The van der Waals surface area contributed by atoms with E-state index >= 15 is 0 Å². The van der Waals surface area contributed by atoms with Gasteiger partial charge in [-0.25, -0.2) is 4.79 Å². The molecule has 3 fully saturated rings. The third-order valence-corrected chi connectivity index (χ3v) is 9.99. The molecular weight excluding hydrogens is 576 g/mol. The van der Waals surface area contributed by atoms with E-state index in [-0.39, 0.29) is 30.8 Å². The zero-order valence-corrected chi connectivity index (χ0v) is 27.4. The van der Waals surface area contributed by atoms with Gasteiger partial charge in [0.15, 0.2) is 6.29 Å². The summed E-state index contributed by atoms with van der Waals surface area (Å²) in [7, 11) is 0. The number of aliphatic hydroxyl groups excluding tert-OH is 1. The molecule has 3 heterocycles. The van der Waals surface area contributed by atoms with Crippen molar-refractivity contribution in [1.29, 1.82) is 0 Å². The van der Waals surface area contributed by atoms with Crippen LogP contribution in [0.5, 0.6) is 0 Å². The first-order valence-electron chi connectivity index (χ1n) is 17.2. The largest absolute Gasteiger partial charge is 0.392 e. The van der Waals surface area contributed by atoms with E-state index in [2.05, 4.69) is 75.9 Å². The predicted octanol–water partition coefficient (Wildman–Crippen LogP) is 6.02. The van der Waals surface area contributed by atoms with Crippen LogP contribution in [-0.4, -0.2) is 72.4 Å². The summed E-state index contributed by atoms with van der Waals surface area (Å²) in [5, 5.41) is 15.4. The average molecular weight is 627 g/mol. The Bertz CT molecular complexity index is 1410. The van der Waals surface area contributed by atoms with Crippen LogP contribution in [-0.2, 0) is 22.6 Å². The maximum Gasteiger partial charge on any atom is 0.315 e. The second kappa shape index (κ2) is 15.5. The Kier molecular flexibility index (Phi) is 11.0. The van der Waals surface area contributed by atoms with Crippen molar-refractivity contribution >= 4 is 6.03 Å². The molecule has 3 N–H and O–H groups in total. The molecule has 8 nitrogen and oxygen atoms in total. The highest BCUT2D eigenvalue weighted by molar-refractivity contribution is 5.74. The molecule has 0 spiro atoms. The van der Waals surface area contributed by atoms with Crippen LogP contribution in [0.25, 0.3) is 11.1 Å². The molecule has 3 saturated heterocycles. The van der Waals surface area contributed by atoms with Gasteiger partial charge in [-0.3, -0.25) is 4.90 Å². The molecule has 3 aromatic rings. The van der Waals surface area contributed by atoms with Crippen LogP contribution in [0.4, 0.5) is 4.79 Å². The number of rotatable bonds is 11. The van der Waals surface area contributed by atoms with E-state index < -0.39 is 6.29 Å². The van der Waals surface area contributed by atoms with Gasteiger partial charge in [0, 0.05) is 43.7 Å². The van der Waals surface area contributed by atoms with Gasteiger partial charge in [-0.2, -0.15) is 0 Å². The van der Waals surface area contributed by atoms with Crippen molar-refractivity contribution in [2.45, 2.75) is 77.2 Å². The second-order valence-corrected chi connectivity index (χ2v) is 13.1. The highest BCUT2D eigenvalue weighted by atomic mass is 16.7. The minimum absolute atomic E-state index is 0.0150. The van der Waals surface area contributed by atoms with Gasteiger partial charge < -0.3 is 30.1 Å². The van der Waals surface area contributed by atoms with Crippen molar-refractivity contribution in [2.75, 3.05) is 39.3 Å². The maximum atomic E-state index is 12.0. The number of nitrogens with one attached hydrogen (secondary N) is 2. The third-order valence-electron chi connectivity index (χ3n) is 9.99. The minimum atomic E-state index is -0.493. The summed E-state index contributed by atoms with van der Waals surface area (Å²) in [6.45, 7) is 10.9. The Morgan fingerprint density at radius 2 is 1.61 bits per heavy atom. The molecule has 8 heteroatoms. The van der Waals surface area contributed by atoms with Crippen molar-refractivity contribution in [1.82, 2.24) is 20.4 Å². The molecule has 0 bridgehead atoms. The Hall–Kier alpha value is -3.27. The summed E-state index contributed by atoms with van der Waals surface area (Å²) in [6.07, 6.45) is 4.54. The lowest BCUT2D eigenvalue weighted by atomic mass is 9.89. The number of carbonyl (C=O) groups excluding carboxylic acids is 1. The summed E-state index contributed by atoms with van der Waals surface area (Å²) < 4.78 is 13.6. The number of hydrogen-bond acceptors (Lipinski definition) is 6. The van der Waals surface area contributed by atoms with Crippen molar-refractivity contribution in [2.24, 2.45) is 5.92 Å². The van der Waals surface area contributed by atoms with E-state index in [0.29, 0.717) is 19.1 Å². The van der Waals surface area contributed by atoms with Crippen molar-refractivity contribution in [3.8, 4) is 11.1 Å². The van der Waals surface area contributed by atoms with E-state index in [1.807, 2.05) is 31.2 Å². The first-order chi connectivity index (χ1) is 22.5. The molecule has 3 aliphatic heterocycles. The molecule has 0 aliphatic carbocycles. The molecule has 2 amide bonds. The van der Waals surface area contributed by atoms with E-state index in [9.17, 15) is 9.90 Å². The standard InChI is InChI=1S/C38H50N4O4/c1-3-39-38(44)40-23-32-9-4-5-11-34(32)29-16-18-31(19-17-29)37-45-35(25-42-22-8-10-33(42)24-41-20-6-7-21-41)27(2)36(46-37)30-14-12-28(26-43)13-15-30/h4-5,9,11-19,27,33,35-37,43H,3,6-8,10,20-26H2,1-2H3,(H2,39,40,44)/t27-,33+,35+,36+,37+/m1/s1. The lowest BCUT2D eigenvalue weighted by Crippen LogP contribution is -2.48. The highest BCUT2D eigenvalue weighted by Crippen LogP contribution is 2.42. The second-order valence-electron chi connectivity index (χ2n) is 13.1. The van der Waals surface area contributed by atoms with Crippen molar-refractivity contribution < 1.29 is 19.4 Å². The van der Waals surface area contributed by atoms with Crippen LogP contribution >= 0.6 is 0 Å². The zero-order valence-electron chi connectivity index (χ0n) is 27.4. The molecule has 3 aromatic carbocycles.